The maximum Gasteiger partial charge on any atom is 0.407 e. The van der Waals surface area contributed by atoms with Gasteiger partial charge in [-0.3, -0.25) is 0 Å². The number of hydrogen-bond acceptors (Lipinski definition) is 2. The number of alkyl carbamates (subject to hydrolysis) is 1. The molecule has 1 amide bonds. The Labute approximate surface area is 79.8 Å². The fourth-order valence-electron chi connectivity index (χ4n) is 1.59. The normalized spacial score (nSPS) is 19.8. The molecule has 0 unspecified atom stereocenters. The summed E-state index contributed by atoms with van der Waals surface area (Å²) in [6, 6.07) is 0.322. The SMILES string of the molecule is CCOC(=O)NC1CC[C](C)CC1. The molecule has 0 aliphatic heterocycles. The summed E-state index contributed by atoms with van der Waals surface area (Å²) in [5.41, 5.74) is 0. The van der Waals surface area contributed by atoms with Gasteiger partial charge in [-0.25, -0.2) is 4.79 Å². The molecule has 1 fully saturated rings. The third-order valence-corrected chi connectivity index (χ3v) is 2.44. The van der Waals surface area contributed by atoms with Gasteiger partial charge in [-0.05, 0) is 38.5 Å². The van der Waals surface area contributed by atoms with Gasteiger partial charge in [0.25, 0.3) is 0 Å². The van der Waals surface area contributed by atoms with E-state index in [0.717, 1.165) is 25.7 Å². The number of ether oxygens (including phenoxy) is 1. The van der Waals surface area contributed by atoms with Crippen molar-refractivity contribution in [2.45, 2.75) is 45.6 Å². The average Bonchev–Trinajstić information content (AvgIpc) is 2.09. The number of rotatable bonds is 2. The minimum absolute atomic E-state index is 0.271. The second kappa shape index (κ2) is 5.10. The van der Waals surface area contributed by atoms with E-state index >= 15 is 0 Å². The molecule has 1 aliphatic carbocycles. The van der Waals surface area contributed by atoms with Gasteiger partial charge in [0.05, 0.1) is 6.61 Å². The topological polar surface area (TPSA) is 38.3 Å². The first kappa shape index (κ1) is 10.4. The molecule has 0 atom stereocenters. The monoisotopic (exact) mass is 184 g/mol. The van der Waals surface area contributed by atoms with E-state index in [1.165, 1.54) is 0 Å². The van der Waals surface area contributed by atoms with Crippen LogP contribution in [0.4, 0.5) is 4.79 Å². The maximum atomic E-state index is 11.1. The standard InChI is InChI=1S/C10H18NO2/c1-3-13-10(12)11-9-6-4-8(2)5-7-9/h9H,3-7H2,1-2H3,(H,11,12). The minimum atomic E-state index is -0.271. The maximum absolute atomic E-state index is 11.1. The summed E-state index contributed by atoms with van der Waals surface area (Å²) in [6.07, 6.45) is 4.12. The predicted molar refractivity (Wildman–Crippen MR) is 51.3 cm³/mol. The van der Waals surface area contributed by atoms with Gasteiger partial charge in [0, 0.05) is 6.04 Å². The molecule has 0 spiro atoms. The molecule has 1 saturated carbocycles. The summed E-state index contributed by atoms with van der Waals surface area (Å²) >= 11 is 0. The van der Waals surface area contributed by atoms with Crippen LogP contribution in [-0.4, -0.2) is 18.7 Å². The molecule has 1 rings (SSSR count). The second-order valence-corrected chi connectivity index (χ2v) is 3.60. The first-order valence-corrected chi connectivity index (χ1v) is 4.97. The molecule has 0 aromatic carbocycles. The summed E-state index contributed by atoms with van der Waals surface area (Å²) in [5, 5.41) is 2.87. The summed E-state index contributed by atoms with van der Waals surface area (Å²) in [7, 11) is 0. The highest BCUT2D eigenvalue weighted by Crippen LogP contribution is 2.24. The fraction of sp³-hybridized carbons (Fsp3) is 0.800. The molecule has 0 aromatic rings. The summed E-state index contributed by atoms with van der Waals surface area (Å²) < 4.78 is 4.81. The highest BCUT2D eigenvalue weighted by molar-refractivity contribution is 5.67. The van der Waals surface area contributed by atoms with E-state index in [9.17, 15) is 4.79 Å². The largest absolute Gasteiger partial charge is 0.450 e. The quantitative estimate of drug-likeness (QED) is 0.715. The molecule has 3 heteroatoms. The Balaban J connectivity index is 2.18. The van der Waals surface area contributed by atoms with Gasteiger partial charge in [-0.15, -0.1) is 0 Å². The van der Waals surface area contributed by atoms with Crippen molar-refractivity contribution in [1.29, 1.82) is 0 Å². The van der Waals surface area contributed by atoms with E-state index in [0.29, 0.717) is 12.6 Å². The zero-order valence-electron chi connectivity index (χ0n) is 8.43. The second-order valence-electron chi connectivity index (χ2n) is 3.60. The first-order chi connectivity index (χ1) is 6.22. The molecule has 1 radical (unpaired) electrons. The van der Waals surface area contributed by atoms with Crippen molar-refractivity contribution >= 4 is 6.09 Å². The van der Waals surface area contributed by atoms with Gasteiger partial charge >= 0.3 is 6.09 Å². The Morgan fingerprint density at radius 2 is 2.15 bits per heavy atom. The van der Waals surface area contributed by atoms with Crippen LogP contribution in [0.2, 0.25) is 0 Å². The van der Waals surface area contributed by atoms with Crippen molar-refractivity contribution < 1.29 is 9.53 Å². The van der Waals surface area contributed by atoms with Crippen LogP contribution < -0.4 is 5.32 Å². The van der Waals surface area contributed by atoms with Crippen molar-refractivity contribution in [1.82, 2.24) is 5.32 Å². The van der Waals surface area contributed by atoms with Gasteiger partial charge in [0.2, 0.25) is 0 Å². The third kappa shape index (κ3) is 3.66. The minimum Gasteiger partial charge on any atom is -0.450 e. The molecule has 0 aromatic heterocycles. The number of carbonyl (C=O) groups is 1. The molecule has 0 bridgehead atoms. The van der Waals surface area contributed by atoms with Crippen LogP contribution in [0.15, 0.2) is 0 Å². The smallest absolute Gasteiger partial charge is 0.407 e. The number of hydrogen-bond donors (Lipinski definition) is 1. The highest BCUT2D eigenvalue weighted by atomic mass is 16.5. The average molecular weight is 184 g/mol. The van der Waals surface area contributed by atoms with E-state index in [1.807, 2.05) is 6.92 Å². The Kier molecular flexibility index (Phi) is 4.06. The lowest BCUT2D eigenvalue weighted by molar-refractivity contribution is 0.145. The van der Waals surface area contributed by atoms with E-state index < -0.39 is 0 Å². The number of nitrogens with one attached hydrogen (secondary N) is 1. The van der Waals surface area contributed by atoms with E-state index in [4.69, 9.17) is 4.74 Å². The summed E-state index contributed by atoms with van der Waals surface area (Å²) in [5.74, 6) is 1.54. The van der Waals surface area contributed by atoms with Gasteiger partial charge in [0.15, 0.2) is 0 Å². The van der Waals surface area contributed by atoms with Crippen LogP contribution in [0.1, 0.15) is 39.5 Å². The van der Waals surface area contributed by atoms with Gasteiger partial charge in [-0.1, -0.05) is 6.92 Å². The van der Waals surface area contributed by atoms with Crippen LogP contribution in [-0.2, 0) is 4.74 Å². The first-order valence-electron chi connectivity index (χ1n) is 4.97. The Morgan fingerprint density at radius 3 is 2.69 bits per heavy atom. The molecule has 3 nitrogen and oxygen atoms in total. The van der Waals surface area contributed by atoms with Gasteiger partial charge < -0.3 is 10.1 Å². The van der Waals surface area contributed by atoms with Crippen molar-refractivity contribution in [3.05, 3.63) is 5.92 Å². The number of carbonyl (C=O) groups excluding carboxylic acids is 1. The highest BCUT2D eigenvalue weighted by Gasteiger charge is 2.19. The van der Waals surface area contributed by atoms with Crippen molar-refractivity contribution in [3.63, 3.8) is 0 Å². The molecule has 0 saturated heterocycles. The Morgan fingerprint density at radius 1 is 1.54 bits per heavy atom. The lowest BCUT2D eigenvalue weighted by Crippen LogP contribution is -2.37. The summed E-state index contributed by atoms with van der Waals surface area (Å²) in [4.78, 5) is 11.1. The fourth-order valence-corrected chi connectivity index (χ4v) is 1.59. The van der Waals surface area contributed by atoms with Crippen LogP contribution in [0, 0.1) is 5.92 Å². The molecular weight excluding hydrogens is 166 g/mol. The summed E-state index contributed by atoms with van der Waals surface area (Å²) in [6.45, 7) is 4.45. The zero-order valence-corrected chi connectivity index (χ0v) is 8.43. The van der Waals surface area contributed by atoms with Crippen LogP contribution in [0.25, 0.3) is 0 Å². The van der Waals surface area contributed by atoms with Crippen molar-refractivity contribution in [2.24, 2.45) is 0 Å². The lowest BCUT2D eigenvalue weighted by atomic mass is 9.87. The van der Waals surface area contributed by atoms with Crippen molar-refractivity contribution in [2.75, 3.05) is 6.61 Å². The molecule has 1 aliphatic rings. The Bertz CT molecular complexity index is 162. The van der Waals surface area contributed by atoms with E-state index in [1.54, 1.807) is 5.92 Å². The van der Waals surface area contributed by atoms with Gasteiger partial charge in [-0.2, -0.15) is 0 Å². The number of amides is 1. The molecule has 13 heavy (non-hydrogen) atoms. The van der Waals surface area contributed by atoms with Crippen molar-refractivity contribution in [3.8, 4) is 0 Å². The molecular formula is C10H18NO2. The molecule has 0 heterocycles. The van der Waals surface area contributed by atoms with Crippen LogP contribution in [0.5, 0.6) is 0 Å². The van der Waals surface area contributed by atoms with E-state index in [2.05, 4.69) is 12.2 Å². The zero-order chi connectivity index (χ0) is 9.68. The van der Waals surface area contributed by atoms with Crippen LogP contribution >= 0.6 is 0 Å². The lowest BCUT2D eigenvalue weighted by Gasteiger charge is -2.26. The molecule has 1 N–H and O–H groups in total. The predicted octanol–water partition coefficient (Wildman–Crippen LogP) is 2.27. The van der Waals surface area contributed by atoms with Crippen LogP contribution in [0.3, 0.4) is 0 Å². The van der Waals surface area contributed by atoms with Gasteiger partial charge in [0.1, 0.15) is 0 Å². The Hall–Kier alpha value is -0.730. The van der Waals surface area contributed by atoms with E-state index in [-0.39, 0.29) is 6.09 Å². The molecule has 75 valence electrons. The third-order valence-electron chi connectivity index (χ3n) is 2.44.